The average Bonchev–Trinajstić information content (AvgIpc) is 2.94. The summed E-state index contributed by atoms with van der Waals surface area (Å²) in [5.74, 6) is 0.690. The molecule has 1 unspecified atom stereocenters. The number of benzene rings is 1. The molecule has 0 radical (unpaired) electrons. The Morgan fingerprint density at radius 2 is 2.33 bits per heavy atom. The zero-order chi connectivity index (χ0) is 14.8. The van der Waals surface area contributed by atoms with E-state index >= 15 is 0 Å². The number of hydrogen-bond acceptors (Lipinski definition) is 4. The molecule has 0 saturated carbocycles. The van der Waals surface area contributed by atoms with E-state index < -0.39 is 5.97 Å². The SMILES string of the molecule is O=C(O)c1coc(CNC2CCSc3ccc(Cl)cc32)c1. The number of nitrogens with one attached hydrogen (secondary N) is 1. The predicted molar refractivity (Wildman–Crippen MR) is 82.0 cm³/mol. The van der Waals surface area contributed by atoms with Crippen molar-refractivity contribution in [3.05, 3.63) is 52.4 Å². The standard InChI is InChI=1S/C15H14ClNO3S/c16-10-1-2-14-12(6-10)13(3-4-21-14)17-7-11-5-9(8-20-11)15(18)19/h1-2,5-6,8,13,17H,3-4,7H2,(H,18,19). The summed E-state index contributed by atoms with van der Waals surface area (Å²) in [7, 11) is 0. The fourth-order valence-electron chi connectivity index (χ4n) is 2.39. The lowest BCUT2D eigenvalue weighted by atomic mass is 10.0. The molecule has 1 aliphatic rings. The smallest absolute Gasteiger partial charge is 0.338 e. The number of halogens is 1. The lowest BCUT2D eigenvalue weighted by Crippen LogP contribution is -2.24. The highest BCUT2D eigenvalue weighted by Gasteiger charge is 2.21. The molecular formula is C15H14ClNO3S. The van der Waals surface area contributed by atoms with Gasteiger partial charge in [0.2, 0.25) is 0 Å². The van der Waals surface area contributed by atoms with Crippen LogP contribution in [0, 0.1) is 0 Å². The van der Waals surface area contributed by atoms with E-state index in [1.807, 2.05) is 30.0 Å². The molecule has 0 saturated heterocycles. The lowest BCUT2D eigenvalue weighted by molar-refractivity contribution is 0.0696. The summed E-state index contributed by atoms with van der Waals surface area (Å²) < 4.78 is 5.25. The second-order valence-corrected chi connectivity index (χ2v) is 6.43. The van der Waals surface area contributed by atoms with Crippen molar-refractivity contribution in [1.82, 2.24) is 5.32 Å². The van der Waals surface area contributed by atoms with Gasteiger partial charge in [0.25, 0.3) is 0 Å². The molecule has 2 N–H and O–H groups in total. The third kappa shape index (κ3) is 3.26. The third-order valence-corrected chi connectivity index (χ3v) is 4.79. The first-order chi connectivity index (χ1) is 10.1. The molecule has 0 amide bonds. The Morgan fingerprint density at radius 3 is 3.10 bits per heavy atom. The number of carbonyl (C=O) groups is 1. The van der Waals surface area contributed by atoms with E-state index in [1.54, 1.807) is 6.07 Å². The molecular weight excluding hydrogens is 310 g/mol. The van der Waals surface area contributed by atoms with Crippen molar-refractivity contribution in [2.24, 2.45) is 0 Å². The fourth-order valence-corrected chi connectivity index (χ4v) is 3.67. The number of thioether (sulfide) groups is 1. The number of carboxylic acids is 1. The molecule has 6 heteroatoms. The molecule has 3 rings (SSSR count). The van der Waals surface area contributed by atoms with Gasteiger partial charge in [-0.15, -0.1) is 11.8 Å². The van der Waals surface area contributed by atoms with Gasteiger partial charge in [0.05, 0.1) is 12.1 Å². The monoisotopic (exact) mass is 323 g/mol. The zero-order valence-corrected chi connectivity index (χ0v) is 12.7. The molecule has 0 aliphatic carbocycles. The van der Waals surface area contributed by atoms with Gasteiger partial charge in [-0.1, -0.05) is 11.6 Å². The Kier molecular flexibility index (Phi) is 4.24. The van der Waals surface area contributed by atoms with Crippen LogP contribution in [0.4, 0.5) is 0 Å². The summed E-state index contributed by atoms with van der Waals surface area (Å²) in [6, 6.07) is 7.70. The minimum atomic E-state index is -0.976. The van der Waals surface area contributed by atoms with E-state index in [-0.39, 0.29) is 11.6 Å². The Hall–Kier alpha value is -1.43. The van der Waals surface area contributed by atoms with Gasteiger partial charge in [-0.3, -0.25) is 0 Å². The normalized spacial score (nSPS) is 17.5. The van der Waals surface area contributed by atoms with Crippen LogP contribution >= 0.6 is 23.4 Å². The third-order valence-electron chi connectivity index (χ3n) is 3.43. The molecule has 1 atom stereocenters. The van der Waals surface area contributed by atoms with Crippen LogP contribution in [0.5, 0.6) is 0 Å². The zero-order valence-electron chi connectivity index (χ0n) is 11.1. The van der Waals surface area contributed by atoms with E-state index in [0.29, 0.717) is 12.3 Å². The van der Waals surface area contributed by atoms with Crippen LogP contribution in [0.3, 0.4) is 0 Å². The molecule has 2 heterocycles. The summed E-state index contributed by atoms with van der Waals surface area (Å²) in [6.07, 6.45) is 2.27. The fraction of sp³-hybridized carbons (Fsp3) is 0.267. The summed E-state index contributed by atoms with van der Waals surface area (Å²) in [6.45, 7) is 0.495. The Bertz CT molecular complexity index is 671. The quantitative estimate of drug-likeness (QED) is 0.891. The van der Waals surface area contributed by atoms with E-state index in [4.69, 9.17) is 21.1 Å². The highest BCUT2D eigenvalue weighted by molar-refractivity contribution is 7.99. The van der Waals surface area contributed by atoms with E-state index in [1.165, 1.54) is 16.7 Å². The molecule has 0 bridgehead atoms. The van der Waals surface area contributed by atoms with Crippen LogP contribution in [0.25, 0.3) is 0 Å². The van der Waals surface area contributed by atoms with E-state index in [2.05, 4.69) is 5.32 Å². The first kappa shape index (κ1) is 14.5. The number of hydrogen-bond donors (Lipinski definition) is 2. The maximum absolute atomic E-state index is 10.8. The number of carboxylic acid groups (broad SMARTS) is 1. The van der Waals surface area contributed by atoms with Gasteiger partial charge in [-0.05, 0) is 42.0 Å². The van der Waals surface area contributed by atoms with Crippen LogP contribution in [0.2, 0.25) is 5.02 Å². The minimum Gasteiger partial charge on any atom is -0.478 e. The van der Waals surface area contributed by atoms with Crippen LogP contribution in [0.15, 0.2) is 39.8 Å². The Labute approximate surface area is 131 Å². The van der Waals surface area contributed by atoms with Gasteiger partial charge in [0.15, 0.2) is 0 Å². The molecule has 1 aliphatic heterocycles. The van der Waals surface area contributed by atoms with Gasteiger partial charge in [0, 0.05) is 16.0 Å². The van der Waals surface area contributed by atoms with Gasteiger partial charge < -0.3 is 14.8 Å². The molecule has 0 spiro atoms. The summed E-state index contributed by atoms with van der Waals surface area (Å²) in [5.41, 5.74) is 1.37. The number of aromatic carboxylic acids is 1. The lowest BCUT2D eigenvalue weighted by Gasteiger charge is -2.26. The van der Waals surface area contributed by atoms with Crippen LogP contribution < -0.4 is 5.32 Å². The topological polar surface area (TPSA) is 62.5 Å². The van der Waals surface area contributed by atoms with Gasteiger partial charge in [0.1, 0.15) is 12.0 Å². The maximum atomic E-state index is 10.8. The Balaban J connectivity index is 1.71. The summed E-state index contributed by atoms with van der Waals surface area (Å²) in [4.78, 5) is 12.1. The highest BCUT2D eigenvalue weighted by Crippen LogP contribution is 2.37. The van der Waals surface area contributed by atoms with Gasteiger partial charge in [-0.2, -0.15) is 0 Å². The number of fused-ring (bicyclic) bond motifs is 1. The number of rotatable bonds is 4. The van der Waals surface area contributed by atoms with Crippen molar-refractivity contribution in [3.8, 4) is 0 Å². The van der Waals surface area contributed by atoms with Gasteiger partial charge >= 0.3 is 5.97 Å². The molecule has 110 valence electrons. The largest absolute Gasteiger partial charge is 0.478 e. The van der Waals surface area contributed by atoms with Crippen molar-refractivity contribution in [3.63, 3.8) is 0 Å². The van der Waals surface area contributed by atoms with Crippen LogP contribution in [-0.4, -0.2) is 16.8 Å². The minimum absolute atomic E-state index is 0.175. The van der Waals surface area contributed by atoms with Crippen molar-refractivity contribution >= 4 is 29.3 Å². The Morgan fingerprint density at radius 1 is 1.48 bits per heavy atom. The summed E-state index contributed by atoms with van der Waals surface area (Å²) >= 11 is 7.91. The molecule has 2 aromatic rings. The average molecular weight is 324 g/mol. The van der Waals surface area contributed by atoms with E-state index in [0.717, 1.165) is 17.2 Å². The number of furan rings is 1. The predicted octanol–water partition coefficient (Wildman–Crippen LogP) is 3.96. The van der Waals surface area contributed by atoms with Crippen molar-refractivity contribution in [2.75, 3.05) is 5.75 Å². The highest BCUT2D eigenvalue weighted by atomic mass is 35.5. The second kappa shape index (κ2) is 6.13. The van der Waals surface area contributed by atoms with E-state index in [9.17, 15) is 4.79 Å². The molecule has 0 fully saturated rings. The second-order valence-electron chi connectivity index (χ2n) is 4.86. The van der Waals surface area contributed by atoms with Crippen molar-refractivity contribution < 1.29 is 14.3 Å². The summed E-state index contributed by atoms with van der Waals surface area (Å²) in [5, 5.41) is 13.0. The molecule has 1 aromatic carbocycles. The molecule has 21 heavy (non-hydrogen) atoms. The molecule has 1 aromatic heterocycles. The van der Waals surface area contributed by atoms with Crippen molar-refractivity contribution in [2.45, 2.75) is 23.9 Å². The first-order valence-corrected chi connectivity index (χ1v) is 7.96. The first-order valence-electron chi connectivity index (χ1n) is 6.60. The molecule has 4 nitrogen and oxygen atoms in total. The van der Waals surface area contributed by atoms with Crippen LogP contribution in [-0.2, 0) is 6.54 Å². The maximum Gasteiger partial charge on any atom is 0.338 e. The van der Waals surface area contributed by atoms with Gasteiger partial charge in [-0.25, -0.2) is 4.79 Å². The van der Waals surface area contributed by atoms with Crippen molar-refractivity contribution in [1.29, 1.82) is 0 Å². The van der Waals surface area contributed by atoms with Crippen LogP contribution in [0.1, 0.15) is 34.1 Å².